The number of furan rings is 1. The molecule has 2 aromatic carbocycles. The van der Waals surface area contributed by atoms with Crippen LogP contribution in [0.1, 0.15) is 25.9 Å². The molecular weight excluding hydrogens is 376 g/mol. The van der Waals surface area contributed by atoms with Gasteiger partial charge in [-0.2, -0.15) is 5.10 Å². The minimum atomic E-state index is -0.354. The molecule has 4 aromatic rings. The van der Waals surface area contributed by atoms with Gasteiger partial charge in [-0.1, -0.05) is 47.7 Å². The van der Waals surface area contributed by atoms with Crippen molar-refractivity contribution in [1.82, 2.24) is 15.2 Å². The zero-order chi connectivity index (χ0) is 19.3. The van der Waals surface area contributed by atoms with Gasteiger partial charge in [-0.25, -0.2) is 10.1 Å². The van der Waals surface area contributed by atoms with Crippen molar-refractivity contribution in [3.63, 3.8) is 0 Å². The number of carbonyl (C=O) groups is 2. The number of benzene rings is 2. The second-order valence-electron chi connectivity index (χ2n) is 5.66. The summed E-state index contributed by atoms with van der Waals surface area (Å²) < 4.78 is 6.67. The Morgan fingerprint density at radius 3 is 2.36 bits per heavy atom. The van der Waals surface area contributed by atoms with Gasteiger partial charge in [0.2, 0.25) is 4.80 Å². The molecule has 7 nitrogen and oxygen atoms in total. The second-order valence-corrected chi connectivity index (χ2v) is 6.62. The predicted octanol–water partition coefficient (Wildman–Crippen LogP) is 3.00. The highest BCUT2D eigenvalue weighted by atomic mass is 32.1. The van der Waals surface area contributed by atoms with E-state index >= 15 is 0 Å². The summed E-state index contributed by atoms with van der Waals surface area (Å²) in [6.07, 6.45) is 1.43. The molecule has 0 aliphatic rings. The normalized spacial score (nSPS) is 11.4. The van der Waals surface area contributed by atoms with Crippen LogP contribution in [-0.2, 0) is 0 Å². The van der Waals surface area contributed by atoms with Crippen LogP contribution in [-0.4, -0.2) is 21.5 Å². The van der Waals surface area contributed by atoms with Gasteiger partial charge < -0.3 is 4.42 Å². The Balaban J connectivity index is 1.72. The van der Waals surface area contributed by atoms with E-state index in [1.807, 2.05) is 36.4 Å². The maximum absolute atomic E-state index is 12.6. The first-order valence-corrected chi connectivity index (χ1v) is 9.17. The third kappa shape index (κ3) is 3.67. The number of carbonyl (C=O) groups excluding carboxylic acids is 2. The monoisotopic (exact) mass is 390 g/mol. The van der Waals surface area contributed by atoms with Crippen LogP contribution in [0.15, 0.2) is 88.6 Å². The lowest BCUT2D eigenvalue weighted by atomic mass is 10.2. The molecule has 0 bridgehead atoms. The van der Waals surface area contributed by atoms with Gasteiger partial charge >= 0.3 is 0 Å². The highest BCUT2D eigenvalue weighted by Gasteiger charge is 2.18. The maximum atomic E-state index is 12.6. The van der Waals surface area contributed by atoms with Crippen molar-refractivity contribution >= 4 is 23.0 Å². The largest absolute Gasteiger partial charge is 0.461 e. The summed E-state index contributed by atoms with van der Waals surface area (Å²) in [5, 5.41) is 8.75. The third-order valence-electron chi connectivity index (χ3n) is 3.79. The van der Waals surface area contributed by atoms with Crippen molar-refractivity contribution < 1.29 is 14.0 Å². The zero-order valence-electron chi connectivity index (χ0n) is 14.5. The van der Waals surface area contributed by atoms with Crippen LogP contribution in [0.2, 0.25) is 0 Å². The fourth-order valence-corrected chi connectivity index (χ4v) is 3.26. The molecule has 8 heteroatoms. The van der Waals surface area contributed by atoms with Crippen LogP contribution >= 0.6 is 11.3 Å². The molecule has 0 atom stereocenters. The summed E-state index contributed by atoms with van der Waals surface area (Å²) in [6, 6.07) is 21.2. The molecule has 0 saturated heterocycles. The quantitative estimate of drug-likeness (QED) is 0.419. The third-order valence-corrected chi connectivity index (χ3v) is 4.70. The second kappa shape index (κ2) is 7.85. The fraction of sp³-hybridized carbons (Fsp3) is 0. The molecule has 0 radical (unpaired) electrons. The number of rotatable bonds is 5. The number of nitrogens with zero attached hydrogens (tertiary/aromatic N) is 3. The van der Waals surface area contributed by atoms with Crippen LogP contribution in [0.4, 0.5) is 0 Å². The van der Waals surface area contributed by atoms with E-state index in [0.717, 1.165) is 11.3 Å². The summed E-state index contributed by atoms with van der Waals surface area (Å²) >= 11 is 1.06. The van der Waals surface area contributed by atoms with Crippen LogP contribution in [0.25, 0.3) is 5.69 Å². The first kappa shape index (κ1) is 17.6. The lowest BCUT2D eigenvalue weighted by molar-refractivity contribution is 0.0952. The van der Waals surface area contributed by atoms with Crippen LogP contribution < -0.4 is 10.2 Å². The van der Waals surface area contributed by atoms with Gasteiger partial charge in [-0.05, 0) is 36.4 Å². The minimum Gasteiger partial charge on any atom is -0.461 e. The summed E-state index contributed by atoms with van der Waals surface area (Å²) in [4.78, 5) is 25.2. The molecule has 0 spiro atoms. The van der Waals surface area contributed by atoms with Crippen molar-refractivity contribution in [2.24, 2.45) is 5.10 Å². The first-order chi connectivity index (χ1) is 13.7. The van der Waals surface area contributed by atoms with Gasteiger partial charge in [0.15, 0.2) is 10.8 Å². The Labute approximate surface area is 163 Å². The van der Waals surface area contributed by atoms with E-state index in [1.54, 1.807) is 36.4 Å². The standard InChI is InChI=1S/C20H14N4O3S/c25-17(16-12-7-13-27-16)19-23-24(15-10-5-2-6-11-15)20(28-19)22-21-18(26)14-8-3-1-4-9-14/h1-13H,(H,21,26)/b22-20-. The number of para-hydroxylation sites is 1. The first-order valence-electron chi connectivity index (χ1n) is 8.35. The molecule has 1 N–H and O–H groups in total. The molecule has 28 heavy (non-hydrogen) atoms. The Kier molecular flexibility index (Phi) is 4.94. The molecule has 0 fully saturated rings. The van der Waals surface area contributed by atoms with Crippen LogP contribution in [0.5, 0.6) is 0 Å². The Hall–Kier alpha value is -3.78. The molecule has 4 rings (SSSR count). The van der Waals surface area contributed by atoms with Gasteiger partial charge in [0, 0.05) is 5.56 Å². The average Bonchev–Trinajstić information content (AvgIpc) is 3.43. The molecule has 2 aromatic heterocycles. The SMILES string of the molecule is O=C(N/N=c1\sc(C(=O)c2ccco2)nn1-c1ccccc1)c1ccccc1. The Morgan fingerprint density at radius 1 is 0.964 bits per heavy atom. The number of hydrogen-bond donors (Lipinski definition) is 1. The number of aromatic nitrogens is 2. The lowest BCUT2D eigenvalue weighted by Crippen LogP contribution is -2.24. The predicted molar refractivity (Wildman–Crippen MR) is 103 cm³/mol. The number of amides is 1. The van der Waals surface area contributed by atoms with Crippen molar-refractivity contribution in [2.45, 2.75) is 0 Å². The van der Waals surface area contributed by atoms with E-state index in [-0.39, 0.29) is 22.5 Å². The van der Waals surface area contributed by atoms with E-state index < -0.39 is 0 Å². The smallest absolute Gasteiger partial charge is 0.271 e. The van der Waals surface area contributed by atoms with E-state index in [4.69, 9.17) is 4.42 Å². The average molecular weight is 390 g/mol. The highest BCUT2D eigenvalue weighted by Crippen LogP contribution is 2.12. The van der Waals surface area contributed by atoms with E-state index in [9.17, 15) is 9.59 Å². The summed E-state index contributed by atoms with van der Waals surface area (Å²) in [6.45, 7) is 0. The molecule has 0 aliphatic heterocycles. The van der Waals surface area contributed by atoms with Crippen molar-refractivity contribution in [1.29, 1.82) is 0 Å². The Morgan fingerprint density at radius 2 is 1.68 bits per heavy atom. The van der Waals surface area contributed by atoms with Crippen LogP contribution in [0, 0.1) is 0 Å². The van der Waals surface area contributed by atoms with Crippen LogP contribution in [0.3, 0.4) is 0 Å². The molecule has 0 unspecified atom stereocenters. The van der Waals surface area contributed by atoms with Gasteiger partial charge in [0.25, 0.3) is 11.7 Å². The van der Waals surface area contributed by atoms with Crippen molar-refractivity contribution in [3.8, 4) is 5.69 Å². The van der Waals surface area contributed by atoms with E-state index in [0.29, 0.717) is 16.1 Å². The van der Waals surface area contributed by atoms with E-state index in [1.165, 1.54) is 10.9 Å². The summed E-state index contributed by atoms with van der Waals surface area (Å²) in [7, 11) is 0. The lowest BCUT2D eigenvalue weighted by Gasteiger charge is -2.01. The molecule has 138 valence electrons. The van der Waals surface area contributed by atoms with Crippen molar-refractivity contribution in [2.75, 3.05) is 0 Å². The van der Waals surface area contributed by atoms with Gasteiger partial charge in [0.1, 0.15) is 0 Å². The number of hydrogen-bond acceptors (Lipinski definition) is 6. The highest BCUT2D eigenvalue weighted by molar-refractivity contribution is 7.11. The summed E-state index contributed by atoms with van der Waals surface area (Å²) in [5.74, 6) is -0.517. The van der Waals surface area contributed by atoms with Gasteiger partial charge in [-0.15, -0.1) is 5.10 Å². The van der Waals surface area contributed by atoms with Crippen molar-refractivity contribution in [3.05, 3.63) is 100 Å². The van der Waals surface area contributed by atoms with E-state index in [2.05, 4.69) is 15.6 Å². The molecular formula is C20H14N4O3S. The zero-order valence-corrected chi connectivity index (χ0v) is 15.3. The van der Waals surface area contributed by atoms with Gasteiger partial charge in [-0.3, -0.25) is 9.59 Å². The molecule has 0 aliphatic carbocycles. The number of nitrogens with one attached hydrogen (secondary N) is 1. The topological polar surface area (TPSA) is 89.5 Å². The summed E-state index contributed by atoms with van der Waals surface area (Å²) in [5.41, 5.74) is 3.71. The minimum absolute atomic E-state index is 0.189. The molecule has 0 saturated carbocycles. The maximum Gasteiger partial charge on any atom is 0.271 e. The Bertz CT molecular complexity index is 1160. The van der Waals surface area contributed by atoms with Gasteiger partial charge in [0.05, 0.1) is 12.0 Å². The number of ketones is 1. The fourth-order valence-electron chi connectivity index (χ4n) is 2.45. The molecule has 2 heterocycles. The molecule has 1 amide bonds.